The average molecular weight is 155 g/mol. The molecule has 1 amide bonds. The number of aromatic nitrogens is 2. The fraction of sp³-hybridized carbons (Fsp3) is 0.333. The van der Waals surface area contributed by atoms with Crippen LogP contribution >= 0.6 is 0 Å². The maximum Gasteiger partial charge on any atom is 0.278 e. The van der Waals surface area contributed by atoms with E-state index in [0.29, 0.717) is 12.2 Å². The number of amides is 1. The number of nitrogens with zero attached hydrogens (tertiary/aromatic N) is 1. The van der Waals surface area contributed by atoms with Crippen molar-refractivity contribution in [2.75, 3.05) is 6.61 Å². The topological polar surface area (TPSA) is 67.0 Å². The second kappa shape index (κ2) is 3.72. The summed E-state index contributed by atoms with van der Waals surface area (Å²) in [5.74, 6) is -0.291. The van der Waals surface area contributed by atoms with Crippen molar-refractivity contribution in [3.8, 4) is 0 Å². The van der Waals surface area contributed by atoms with Crippen molar-refractivity contribution in [2.24, 2.45) is 0 Å². The lowest BCUT2D eigenvalue weighted by atomic mass is 10.4. The molecule has 1 aromatic rings. The molecule has 0 unspecified atom stereocenters. The molecule has 0 bridgehead atoms. The zero-order valence-corrected chi connectivity index (χ0v) is 6.13. The summed E-state index contributed by atoms with van der Waals surface area (Å²) in [4.78, 5) is 15.6. The second-order valence-electron chi connectivity index (χ2n) is 1.85. The maximum absolute atomic E-state index is 11.0. The van der Waals surface area contributed by atoms with Gasteiger partial charge in [0.05, 0.1) is 18.4 Å². The van der Waals surface area contributed by atoms with Crippen LogP contribution in [0, 0.1) is 0 Å². The SMILES string of the molecule is CCONC(=O)c1cn[nH]c1. The van der Waals surface area contributed by atoms with Crippen molar-refractivity contribution in [1.82, 2.24) is 15.7 Å². The molecular weight excluding hydrogens is 146 g/mol. The smallest absolute Gasteiger partial charge is 0.278 e. The van der Waals surface area contributed by atoms with Crippen molar-refractivity contribution in [3.05, 3.63) is 18.0 Å². The van der Waals surface area contributed by atoms with Gasteiger partial charge in [0.25, 0.3) is 5.91 Å². The molecule has 60 valence electrons. The van der Waals surface area contributed by atoms with Gasteiger partial charge in [0.15, 0.2) is 0 Å². The van der Waals surface area contributed by atoms with Crippen LogP contribution in [0.5, 0.6) is 0 Å². The number of nitrogens with one attached hydrogen (secondary N) is 2. The van der Waals surface area contributed by atoms with Crippen LogP contribution in [-0.4, -0.2) is 22.7 Å². The van der Waals surface area contributed by atoms with Crippen LogP contribution in [0.3, 0.4) is 0 Å². The van der Waals surface area contributed by atoms with E-state index < -0.39 is 0 Å². The highest BCUT2D eigenvalue weighted by Gasteiger charge is 2.04. The van der Waals surface area contributed by atoms with E-state index in [9.17, 15) is 4.79 Å². The quantitative estimate of drug-likeness (QED) is 0.608. The van der Waals surface area contributed by atoms with E-state index in [-0.39, 0.29) is 5.91 Å². The number of H-pyrrole nitrogens is 1. The zero-order chi connectivity index (χ0) is 8.10. The Bertz CT molecular complexity index is 220. The minimum Gasteiger partial charge on any atom is -0.285 e. The van der Waals surface area contributed by atoms with Gasteiger partial charge in [-0.3, -0.25) is 14.7 Å². The van der Waals surface area contributed by atoms with Crippen LogP contribution in [0.2, 0.25) is 0 Å². The van der Waals surface area contributed by atoms with Gasteiger partial charge in [0.1, 0.15) is 0 Å². The minimum atomic E-state index is -0.291. The largest absolute Gasteiger partial charge is 0.285 e. The van der Waals surface area contributed by atoms with Crippen molar-refractivity contribution in [2.45, 2.75) is 6.92 Å². The maximum atomic E-state index is 11.0. The Morgan fingerprint density at radius 3 is 3.27 bits per heavy atom. The van der Waals surface area contributed by atoms with E-state index in [1.165, 1.54) is 12.4 Å². The van der Waals surface area contributed by atoms with Crippen molar-refractivity contribution >= 4 is 5.91 Å². The Balaban J connectivity index is 2.43. The van der Waals surface area contributed by atoms with Gasteiger partial charge in [-0.1, -0.05) is 0 Å². The molecule has 2 N–H and O–H groups in total. The Kier molecular flexibility index (Phi) is 2.62. The first kappa shape index (κ1) is 7.74. The summed E-state index contributed by atoms with van der Waals surface area (Å²) in [6.45, 7) is 2.24. The first-order valence-corrected chi connectivity index (χ1v) is 3.25. The molecule has 0 spiro atoms. The van der Waals surface area contributed by atoms with E-state index in [4.69, 9.17) is 0 Å². The highest BCUT2D eigenvalue weighted by molar-refractivity contribution is 5.92. The third-order valence-corrected chi connectivity index (χ3v) is 1.07. The molecule has 0 saturated heterocycles. The molecule has 5 nitrogen and oxygen atoms in total. The lowest BCUT2D eigenvalue weighted by molar-refractivity contribution is 0.0364. The summed E-state index contributed by atoms with van der Waals surface area (Å²) in [6.07, 6.45) is 2.92. The minimum absolute atomic E-state index is 0.291. The molecule has 0 atom stereocenters. The highest BCUT2D eigenvalue weighted by Crippen LogP contribution is 1.91. The van der Waals surface area contributed by atoms with Crippen molar-refractivity contribution in [3.63, 3.8) is 0 Å². The van der Waals surface area contributed by atoms with E-state index in [0.717, 1.165) is 0 Å². The standard InChI is InChI=1S/C6H9N3O2/c1-2-11-9-6(10)5-3-7-8-4-5/h3-4H,2H2,1H3,(H,7,8)(H,9,10). The number of hydrogen-bond donors (Lipinski definition) is 2. The Morgan fingerprint density at radius 1 is 1.91 bits per heavy atom. The van der Waals surface area contributed by atoms with Crippen LogP contribution in [0.4, 0.5) is 0 Å². The molecule has 0 radical (unpaired) electrons. The van der Waals surface area contributed by atoms with E-state index in [2.05, 4.69) is 20.5 Å². The van der Waals surface area contributed by atoms with E-state index in [1.807, 2.05) is 0 Å². The number of carbonyl (C=O) groups is 1. The molecule has 1 rings (SSSR count). The van der Waals surface area contributed by atoms with Gasteiger partial charge in [-0.15, -0.1) is 0 Å². The summed E-state index contributed by atoms with van der Waals surface area (Å²) < 4.78 is 0. The molecule has 1 aromatic heterocycles. The van der Waals surface area contributed by atoms with E-state index >= 15 is 0 Å². The summed E-state index contributed by atoms with van der Waals surface area (Å²) in [5, 5.41) is 6.13. The van der Waals surface area contributed by atoms with Gasteiger partial charge in [0.2, 0.25) is 0 Å². The first-order chi connectivity index (χ1) is 5.34. The Labute approximate surface area is 63.7 Å². The number of hydroxylamine groups is 1. The lowest BCUT2D eigenvalue weighted by Gasteiger charge is -1.99. The fourth-order valence-electron chi connectivity index (χ4n) is 0.572. The normalized spacial score (nSPS) is 9.55. The predicted octanol–water partition coefficient (Wildman–Crippen LogP) is 0.0910. The first-order valence-electron chi connectivity index (χ1n) is 3.25. The Morgan fingerprint density at radius 2 is 2.73 bits per heavy atom. The van der Waals surface area contributed by atoms with Gasteiger partial charge in [-0.25, -0.2) is 5.48 Å². The molecule has 0 fully saturated rings. The highest BCUT2D eigenvalue weighted by atomic mass is 16.6. The summed E-state index contributed by atoms with van der Waals surface area (Å²) in [6, 6.07) is 0. The molecule has 1 heterocycles. The van der Waals surface area contributed by atoms with Gasteiger partial charge < -0.3 is 0 Å². The number of carbonyl (C=O) groups excluding carboxylic acids is 1. The third kappa shape index (κ3) is 2.05. The fourth-order valence-corrected chi connectivity index (χ4v) is 0.572. The molecule has 0 aliphatic heterocycles. The monoisotopic (exact) mass is 155 g/mol. The summed E-state index contributed by atoms with van der Waals surface area (Å²) in [5.41, 5.74) is 2.69. The molecule has 5 heteroatoms. The van der Waals surface area contributed by atoms with Crippen molar-refractivity contribution in [1.29, 1.82) is 0 Å². The number of rotatable bonds is 3. The second-order valence-corrected chi connectivity index (χ2v) is 1.85. The molecule has 0 saturated carbocycles. The van der Waals surface area contributed by atoms with Gasteiger partial charge in [-0.2, -0.15) is 5.10 Å². The molecule has 11 heavy (non-hydrogen) atoms. The van der Waals surface area contributed by atoms with Crippen LogP contribution in [0.25, 0.3) is 0 Å². The van der Waals surface area contributed by atoms with Crippen LogP contribution in [-0.2, 0) is 4.84 Å². The predicted molar refractivity (Wildman–Crippen MR) is 37.7 cm³/mol. The number of aromatic amines is 1. The summed E-state index contributed by atoms with van der Waals surface area (Å²) >= 11 is 0. The molecule has 0 aliphatic carbocycles. The van der Waals surface area contributed by atoms with Gasteiger partial charge in [-0.05, 0) is 6.92 Å². The van der Waals surface area contributed by atoms with Gasteiger partial charge in [0, 0.05) is 6.20 Å². The van der Waals surface area contributed by atoms with Crippen LogP contribution in [0.15, 0.2) is 12.4 Å². The molecule has 0 aromatic carbocycles. The molecular formula is C6H9N3O2. The van der Waals surface area contributed by atoms with Crippen LogP contribution in [0.1, 0.15) is 17.3 Å². The Hall–Kier alpha value is -1.36. The summed E-state index contributed by atoms with van der Waals surface area (Å²) in [7, 11) is 0. The average Bonchev–Trinajstić information content (AvgIpc) is 2.52. The number of hydrogen-bond acceptors (Lipinski definition) is 3. The van der Waals surface area contributed by atoms with Gasteiger partial charge >= 0.3 is 0 Å². The zero-order valence-electron chi connectivity index (χ0n) is 6.13. The van der Waals surface area contributed by atoms with Crippen molar-refractivity contribution < 1.29 is 9.63 Å². The van der Waals surface area contributed by atoms with E-state index in [1.54, 1.807) is 6.92 Å². The third-order valence-electron chi connectivity index (χ3n) is 1.07. The van der Waals surface area contributed by atoms with Crippen LogP contribution < -0.4 is 5.48 Å². The molecule has 0 aliphatic rings. The lowest BCUT2D eigenvalue weighted by Crippen LogP contribution is -2.22.